The van der Waals surface area contributed by atoms with Crippen molar-refractivity contribution in [3.63, 3.8) is 0 Å². The van der Waals surface area contributed by atoms with Crippen LogP contribution in [0.4, 0.5) is 0 Å². The predicted octanol–water partition coefficient (Wildman–Crippen LogP) is 1.29. The normalized spacial score (nSPS) is 10.3. The average molecular weight is 351 g/mol. The molecular weight excluding hydrogens is 334 g/mol. The van der Waals surface area contributed by atoms with Crippen LogP contribution in [0.5, 0.6) is 5.75 Å². The zero-order valence-corrected chi connectivity index (χ0v) is 14.0. The second kappa shape index (κ2) is 7.47. The first-order chi connectivity index (χ1) is 12.5. The lowest BCUT2D eigenvalue weighted by Gasteiger charge is -2.06. The number of hydrazine groups is 1. The molecule has 132 valence electrons. The molecule has 0 saturated carbocycles. The number of para-hydroxylation sites is 1. The molecule has 0 unspecified atom stereocenters. The van der Waals surface area contributed by atoms with Gasteiger partial charge in [-0.3, -0.25) is 25.4 Å². The first kappa shape index (κ1) is 17.2. The molecule has 3 N–H and O–H groups in total. The van der Waals surface area contributed by atoms with E-state index in [1.165, 1.54) is 10.9 Å². The summed E-state index contributed by atoms with van der Waals surface area (Å²) in [6.07, 6.45) is 2.99. The first-order valence-electron chi connectivity index (χ1n) is 7.87. The molecule has 2 amide bonds. The maximum absolute atomic E-state index is 12.1. The highest BCUT2D eigenvalue weighted by molar-refractivity contribution is 5.96. The van der Waals surface area contributed by atoms with E-state index in [0.717, 1.165) is 11.3 Å². The third kappa shape index (κ3) is 4.04. The number of nitrogens with zero attached hydrogens (tertiary/aromatic N) is 3. The topological polar surface area (TPSA) is 109 Å². The van der Waals surface area contributed by atoms with Crippen LogP contribution in [0, 0.1) is 6.92 Å². The van der Waals surface area contributed by atoms with E-state index < -0.39 is 11.8 Å². The van der Waals surface area contributed by atoms with E-state index in [1.54, 1.807) is 30.5 Å². The molecule has 0 saturated heterocycles. The maximum Gasteiger partial charge on any atom is 0.294 e. The van der Waals surface area contributed by atoms with Crippen LogP contribution >= 0.6 is 0 Å². The Kier molecular flexibility index (Phi) is 4.93. The van der Waals surface area contributed by atoms with Crippen LogP contribution in [0.3, 0.4) is 0 Å². The fourth-order valence-corrected chi connectivity index (χ4v) is 2.26. The van der Waals surface area contributed by atoms with Gasteiger partial charge in [-0.1, -0.05) is 24.3 Å². The summed E-state index contributed by atoms with van der Waals surface area (Å²) >= 11 is 0. The second-order valence-electron chi connectivity index (χ2n) is 5.63. The van der Waals surface area contributed by atoms with Crippen molar-refractivity contribution in [2.24, 2.45) is 0 Å². The molecule has 0 spiro atoms. The molecule has 26 heavy (non-hydrogen) atoms. The number of hydrogen-bond donors (Lipinski definition) is 3. The zero-order chi connectivity index (χ0) is 18.5. The highest BCUT2D eigenvalue weighted by Crippen LogP contribution is 2.17. The maximum atomic E-state index is 12.1. The van der Waals surface area contributed by atoms with Gasteiger partial charge in [-0.05, 0) is 30.7 Å². The molecule has 3 rings (SSSR count). The van der Waals surface area contributed by atoms with E-state index in [-0.39, 0.29) is 17.9 Å². The number of pyridine rings is 1. The minimum absolute atomic E-state index is 0.0675. The monoisotopic (exact) mass is 351 g/mol. The number of benzene rings is 1. The summed E-state index contributed by atoms with van der Waals surface area (Å²) in [4.78, 5) is 28.1. The largest absolute Gasteiger partial charge is 0.504 e. The second-order valence-corrected chi connectivity index (χ2v) is 5.63. The summed E-state index contributed by atoms with van der Waals surface area (Å²) in [5.41, 5.74) is 6.61. The Morgan fingerprint density at radius 1 is 1.12 bits per heavy atom. The lowest BCUT2D eigenvalue weighted by molar-refractivity contribution is -0.121. The number of hydrogen-bond acceptors (Lipinski definition) is 5. The molecule has 8 nitrogen and oxygen atoms in total. The average Bonchev–Trinajstić information content (AvgIpc) is 3.04. The van der Waals surface area contributed by atoms with Crippen LogP contribution < -0.4 is 10.9 Å². The van der Waals surface area contributed by atoms with Crippen LogP contribution in [0.15, 0.2) is 54.9 Å². The minimum atomic E-state index is -0.715. The minimum Gasteiger partial charge on any atom is -0.504 e. The number of aromatic hydroxyl groups is 1. The first-order valence-corrected chi connectivity index (χ1v) is 7.87. The Morgan fingerprint density at radius 3 is 2.58 bits per heavy atom. The van der Waals surface area contributed by atoms with Gasteiger partial charge in [0.05, 0.1) is 18.3 Å². The van der Waals surface area contributed by atoms with Gasteiger partial charge in [0.2, 0.25) is 5.91 Å². The standard InChI is InChI=1S/C18H17N5O3/c1-12-7-8-13(10-19-12)9-16(25)20-21-18(26)17-15(24)11-23(22-17)14-5-3-2-4-6-14/h2-8,10-11,24H,9H2,1H3,(H,20,25)(H,21,26). The smallest absolute Gasteiger partial charge is 0.294 e. The van der Waals surface area contributed by atoms with Crippen molar-refractivity contribution in [3.05, 3.63) is 71.8 Å². The number of carbonyl (C=O) groups is 2. The van der Waals surface area contributed by atoms with Crippen molar-refractivity contribution in [2.75, 3.05) is 0 Å². The van der Waals surface area contributed by atoms with E-state index in [0.29, 0.717) is 5.69 Å². The molecule has 1 aromatic carbocycles. The Labute approximate surface area is 149 Å². The number of rotatable bonds is 4. The van der Waals surface area contributed by atoms with Crippen LogP contribution in [0.1, 0.15) is 21.7 Å². The van der Waals surface area contributed by atoms with E-state index in [4.69, 9.17) is 0 Å². The lowest BCUT2D eigenvalue weighted by Crippen LogP contribution is -2.42. The molecule has 0 fully saturated rings. The highest BCUT2D eigenvalue weighted by Gasteiger charge is 2.17. The molecule has 0 aliphatic carbocycles. The quantitative estimate of drug-likeness (QED) is 0.614. The molecule has 0 radical (unpaired) electrons. The van der Waals surface area contributed by atoms with Crippen LogP contribution in [-0.4, -0.2) is 31.7 Å². The van der Waals surface area contributed by atoms with E-state index in [2.05, 4.69) is 20.9 Å². The van der Waals surface area contributed by atoms with Crippen molar-refractivity contribution in [1.82, 2.24) is 25.6 Å². The van der Waals surface area contributed by atoms with E-state index in [9.17, 15) is 14.7 Å². The van der Waals surface area contributed by atoms with Crippen LogP contribution in [-0.2, 0) is 11.2 Å². The van der Waals surface area contributed by atoms with Gasteiger partial charge < -0.3 is 5.11 Å². The molecule has 0 aliphatic heterocycles. The van der Waals surface area contributed by atoms with Crippen LogP contribution in [0.25, 0.3) is 5.69 Å². The van der Waals surface area contributed by atoms with Gasteiger partial charge in [-0.2, -0.15) is 5.10 Å². The number of carbonyl (C=O) groups excluding carboxylic acids is 2. The van der Waals surface area contributed by atoms with Gasteiger partial charge in [0.15, 0.2) is 11.4 Å². The molecule has 0 atom stereocenters. The highest BCUT2D eigenvalue weighted by atomic mass is 16.3. The SMILES string of the molecule is Cc1ccc(CC(=O)NNC(=O)c2nn(-c3ccccc3)cc2O)cn1. The van der Waals surface area contributed by atoms with Crippen molar-refractivity contribution < 1.29 is 14.7 Å². The van der Waals surface area contributed by atoms with E-state index >= 15 is 0 Å². The summed E-state index contributed by atoms with van der Waals surface area (Å²) in [7, 11) is 0. The van der Waals surface area contributed by atoms with Crippen molar-refractivity contribution >= 4 is 11.8 Å². The third-order valence-corrected chi connectivity index (χ3v) is 3.58. The lowest BCUT2D eigenvalue weighted by atomic mass is 10.2. The van der Waals surface area contributed by atoms with Gasteiger partial charge >= 0.3 is 0 Å². The zero-order valence-electron chi connectivity index (χ0n) is 14.0. The Hall–Kier alpha value is -3.68. The van der Waals surface area contributed by atoms with Crippen molar-refractivity contribution in [3.8, 4) is 11.4 Å². The van der Waals surface area contributed by atoms with Gasteiger partial charge in [0.1, 0.15) is 0 Å². The number of aryl methyl sites for hydroxylation is 1. The van der Waals surface area contributed by atoms with Gasteiger partial charge in [0, 0.05) is 11.9 Å². The molecular formula is C18H17N5O3. The summed E-state index contributed by atoms with van der Waals surface area (Å²) in [5, 5.41) is 14.0. The fraction of sp³-hybridized carbons (Fsp3) is 0.111. The molecule has 3 aromatic rings. The fourth-order valence-electron chi connectivity index (χ4n) is 2.26. The van der Waals surface area contributed by atoms with Crippen molar-refractivity contribution in [2.45, 2.75) is 13.3 Å². The predicted molar refractivity (Wildman–Crippen MR) is 93.5 cm³/mol. The summed E-state index contributed by atoms with van der Waals surface area (Å²) in [5.74, 6) is -1.41. The van der Waals surface area contributed by atoms with Gasteiger partial charge in [0.25, 0.3) is 5.91 Å². The summed E-state index contributed by atoms with van der Waals surface area (Å²) in [6, 6.07) is 12.6. The molecule has 0 bridgehead atoms. The Balaban J connectivity index is 1.60. The molecule has 2 aromatic heterocycles. The molecule has 8 heteroatoms. The molecule has 2 heterocycles. The summed E-state index contributed by atoms with van der Waals surface area (Å²) in [6.45, 7) is 1.85. The third-order valence-electron chi connectivity index (χ3n) is 3.58. The number of nitrogens with one attached hydrogen (secondary N) is 2. The summed E-state index contributed by atoms with van der Waals surface area (Å²) < 4.78 is 1.38. The number of aromatic nitrogens is 3. The van der Waals surface area contributed by atoms with Crippen molar-refractivity contribution in [1.29, 1.82) is 0 Å². The molecule has 0 aliphatic rings. The van der Waals surface area contributed by atoms with Gasteiger partial charge in [-0.25, -0.2) is 4.68 Å². The van der Waals surface area contributed by atoms with Crippen LogP contribution in [0.2, 0.25) is 0 Å². The Bertz CT molecular complexity index is 920. The number of amides is 2. The Morgan fingerprint density at radius 2 is 1.88 bits per heavy atom. The van der Waals surface area contributed by atoms with E-state index in [1.807, 2.05) is 25.1 Å². The van der Waals surface area contributed by atoms with Gasteiger partial charge in [-0.15, -0.1) is 0 Å².